The van der Waals surface area contributed by atoms with Crippen LogP contribution in [0.15, 0.2) is 30.9 Å². The first-order valence-corrected chi connectivity index (χ1v) is 9.73. The van der Waals surface area contributed by atoms with Crippen molar-refractivity contribution in [2.24, 2.45) is 0 Å². The monoisotopic (exact) mass is 372 g/mol. The van der Waals surface area contributed by atoms with Gasteiger partial charge in [-0.1, -0.05) is 0 Å². The molecule has 1 aliphatic heterocycles. The van der Waals surface area contributed by atoms with E-state index in [1.165, 1.54) is 6.33 Å². The van der Waals surface area contributed by atoms with Gasteiger partial charge in [0.15, 0.2) is 0 Å². The van der Waals surface area contributed by atoms with Gasteiger partial charge in [0.2, 0.25) is 5.91 Å². The molecule has 7 heteroatoms. The number of aromatic nitrogens is 2. The third-order valence-corrected chi connectivity index (χ3v) is 5.74. The average molecular weight is 372 g/mol. The van der Waals surface area contributed by atoms with Gasteiger partial charge in [-0.05, 0) is 38.3 Å². The van der Waals surface area contributed by atoms with Crippen LogP contribution in [0.2, 0.25) is 0 Å². The van der Waals surface area contributed by atoms with Crippen LogP contribution in [0.3, 0.4) is 0 Å². The van der Waals surface area contributed by atoms with Gasteiger partial charge in [0.25, 0.3) is 5.91 Å². The van der Waals surface area contributed by atoms with E-state index >= 15 is 0 Å². The zero-order chi connectivity index (χ0) is 18.5. The third kappa shape index (κ3) is 4.46. The van der Waals surface area contributed by atoms with Crippen LogP contribution in [0.5, 0.6) is 0 Å². The van der Waals surface area contributed by atoms with Gasteiger partial charge in [0, 0.05) is 55.4 Å². The second-order valence-electron chi connectivity index (χ2n) is 6.68. The standard InChI is InChI=1S/C19H24N4O2S/c1-14-5-6-18(26-14)19(25)22-8-3-4-17(7-9-22)23(15(2)24)12-16-10-20-13-21-11-16/h5-6,10-11,13,17H,3-4,7-9,12H2,1-2H3/t17-/m1/s1. The second kappa shape index (κ2) is 8.40. The number of hydrogen-bond acceptors (Lipinski definition) is 5. The minimum atomic E-state index is 0.0486. The fourth-order valence-corrected chi connectivity index (χ4v) is 4.24. The molecule has 0 unspecified atom stereocenters. The van der Waals surface area contributed by atoms with Crippen molar-refractivity contribution in [2.45, 2.75) is 45.7 Å². The van der Waals surface area contributed by atoms with Crippen LogP contribution in [0, 0.1) is 6.92 Å². The lowest BCUT2D eigenvalue weighted by atomic mass is 10.1. The SMILES string of the molecule is CC(=O)N(Cc1cncnc1)[C@@H]1CCCN(C(=O)c2ccc(C)s2)CC1. The van der Waals surface area contributed by atoms with Crippen molar-refractivity contribution in [2.75, 3.05) is 13.1 Å². The fraction of sp³-hybridized carbons (Fsp3) is 0.474. The minimum absolute atomic E-state index is 0.0486. The molecule has 138 valence electrons. The van der Waals surface area contributed by atoms with Crippen LogP contribution in [0.1, 0.15) is 46.3 Å². The number of hydrogen-bond donors (Lipinski definition) is 0. The highest BCUT2D eigenvalue weighted by molar-refractivity contribution is 7.13. The largest absolute Gasteiger partial charge is 0.338 e. The Morgan fingerprint density at radius 1 is 1.23 bits per heavy atom. The maximum Gasteiger partial charge on any atom is 0.263 e. The van der Waals surface area contributed by atoms with E-state index in [0.717, 1.165) is 41.1 Å². The quantitative estimate of drug-likeness (QED) is 0.828. The lowest BCUT2D eigenvalue weighted by molar-refractivity contribution is -0.132. The Morgan fingerprint density at radius 3 is 2.65 bits per heavy atom. The van der Waals surface area contributed by atoms with Gasteiger partial charge in [-0.2, -0.15) is 0 Å². The number of carbonyl (C=O) groups is 2. The fourth-order valence-electron chi connectivity index (χ4n) is 3.40. The van der Waals surface area contributed by atoms with E-state index in [0.29, 0.717) is 13.1 Å². The van der Waals surface area contributed by atoms with E-state index in [1.807, 2.05) is 28.9 Å². The molecule has 1 saturated heterocycles. The molecule has 2 aromatic heterocycles. The highest BCUT2D eigenvalue weighted by atomic mass is 32.1. The molecule has 2 amide bonds. The molecule has 26 heavy (non-hydrogen) atoms. The smallest absolute Gasteiger partial charge is 0.263 e. The summed E-state index contributed by atoms with van der Waals surface area (Å²) in [5, 5.41) is 0. The second-order valence-corrected chi connectivity index (χ2v) is 7.97. The maximum atomic E-state index is 12.7. The molecule has 1 aliphatic rings. The van der Waals surface area contributed by atoms with E-state index in [-0.39, 0.29) is 17.9 Å². The number of carbonyl (C=O) groups excluding carboxylic acids is 2. The van der Waals surface area contributed by atoms with Gasteiger partial charge in [-0.25, -0.2) is 9.97 Å². The maximum absolute atomic E-state index is 12.7. The molecule has 1 atom stereocenters. The molecule has 3 heterocycles. The van der Waals surface area contributed by atoms with Crippen LogP contribution in [-0.2, 0) is 11.3 Å². The molecule has 1 fully saturated rings. The molecular formula is C19H24N4O2S. The van der Waals surface area contributed by atoms with Gasteiger partial charge >= 0.3 is 0 Å². The van der Waals surface area contributed by atoms with E-state index in [2.05, 4.69) is 9.97 Å². The van der Waals surface area contributed by atoms with Crippen molar-refractivity contribution in [3.8, 4) is 0 Å². The number of rotatable bonds is 4. The van der Waals surface area contributed by atoms with Crippen LogP contribution < -0.4 is 0 Å². The predicted octanol–water partition coefficient (Wildman–Crippen LogP) is 2.89. The van der Waals surface area contributed by atoms with E-state index in [1.54, 1.807) is 30.7 Å². The molecule has 0 radical (unpaired) electrons. The van der Waals surface area contributed by atoms with Crippen molar-refractivity contribution in [3.63, 3.8) is 0 Å². The number of amides is 2. The molecule has 0 spiro atoms. The zero-order valence-electron chi connectivity index (χ0n) is 15.2. The van der Waals surface area contributed by atoms with Gasteiger partial charge in [-0.15, -0.1) is 11.3 Å². The van der Waals surface area contributed by atoms with Gasteiger partial charge in [-0.3, -0.25) is 9.59 Å². The van der Waals surface area contributed by atoms with E-state index in [4.69, 9.17) is 0 Å². The van der Waals surface area contributed by atoms with Crippen LogP contribution in [0.4, 0.5) is 0 Å². The lowest BCUT2D eigenvalue weighted by Crippen LogP contribution is -2.39. The number of nitrogens with zero attached hydrogens (tertiary/aromatic N) is 4. The Morgan fingerprint density at radius 2 is 2.00 bits per heavy atom. The first-order valence-electron chi connectivity index (χ1n) is 8.91. The Kier molecular flexibility index (Phi) is 5.98. The average Bonchev–Trinajstić information content (AvgIpc) is 2.92. The minimum Gasteiger partial charge on any atom is -0.338 e. The first kappa shape index (κ1) is 18.5. The molecule has 0 aromatic carbocycles. The zero-order valence-corrected chi connectivity index (χ0v) is 16.0. The van der Waals surface area contributed by atoms with E-state index < -0.39 is 0 Å². The normalized spacial score (nSPS) is 17.6. The molecule has 0 N–H and O–H groups in total. The molecule has 3 rings (SSSR count). The first-order chi connectivity index (χ1) is 12.5. The Bertz CT molecular complexity index is 762. The van der Waals surface area contributed by atoms with E-state index in [9.17, 15) is 9.59 Å². The summed E-state index contributed by atoms with van der Waals surface area (Å²) in [6.45, 7) is 5.55. The Hall–Kier alpha value is -2.28. The predicted molar refractivity (Wildman–Crippen MR) is 101 cm³/mol. The third-order valence-electron chi connectivity index (χ3n) is 4.75. The topological polar surface area (TPSA) is 66.4 Å². The Balaban J connectivity index is 1.66. The van der Waals surface area contributed by atoms with Crippen molar-refractivity contribution in [3.05, 3.63) is 46.2 Å². The summed E-state index contributed by atoms with van der Waals surface area (Å²) in [7, 11) is 0. The summed E-state index contributed by atoms with van der Waals surface area (Å²) in [5.41, 5.74) is 0.925. The van der Waals surface area contributed by atoms with Gasteiger partial charge in [0.05, 0.1) is 4.88 Å². The summed E-state index contributed by atoms with van der Waals surface area (Å²) in [6, 6.07) is 4.02. The van der Waals surface area contributed by atoms with Crippen molar-refractivity contribution < 1.29 is 9.59 Å². The van der Waals surface area contributed by atoms with Crippen LogP contribution >= 0.6 is 11.3 Å². The molecule has 2 aromatic rings. The van der Waals surface area contributed by atoms with Crippen molar-refractivity contribution in [1.29, 1.82) is 0 Å². The number of aryl methyl sites for hydroxylation is 1. The highest BCUT2D eigenvalue weighted by Gasteiger charge is 2.27. The van der Waals surface area contributed by atoms with Crippen LogP contribution in [0.25, 0.3) is 0 Å². The number of thiophene rings is 1. The van der Waals surface area contributed by atoms with Gasteiger partial charge < -0.3 is 9.80 Å². The summed E-state index contributed by atoms with van der Waals surface area (Å²) in [4.78, 5) is 38.7. The summed E-state index contributed by atoms with van der Waals surface area (Å²) < 4.78 is 0. The number of likely N-dealkylation sites (tertiary alicyclic amines) is 1. The summed E-state index contributed by atoms with van der Waals surface area (Å²) >= 11 is 1.54. The summed E-state index contributed by atoms with van der Waals surface area (Å²) in [5.74, 6) is 0.155. The van der Waals surface area contributed by atoms with Gasteiger partial charge in [0.1, 0.15) is 6.33 Å². The highest BCUT2D eigenvalue weighted by Crippen LogP contribution is 2.23. The molecule has 0 aliphatic carbocycles. The molecule has 6 nitrogen and oxygen atoms in total. The van der Waals surface area contributed by atoms with Crippen molar-refractivity contribution >= 4 is 23.2 Å². The Labute approximate surface area is 157 Å². The molecule has 0 saturated carbocycles. The summed E-state index contributed by atoms with van der Waals surface area (Å²) in [6.07, 6.45) is 7.58. The molecular weight excluding hydrogens is 348 g/mol. The van der Waals surface area contributed by atoms with Crippen LogP contribution in [-0.4, -0.2) is 50.7 Å². The molecule has 0 bridgehead atoms. The van der Waals surface area contributed by atoms with Crippen molar-refractivity contribution in [1.82, 2.24) is 19.8 Å². The lowest BCUT2D eigenvalue weighted by Gasteiger charge is -2.30.